The van der Waals surface area contributed by atoms with Gasteiger partial charge in [0.1, 0.15) is 12.4 Å². The van der Waals surface area contributed by atoms with Crippen LogP contribution in [0.25, 0.3) is 0 Å². The first-order chi connectivity index (χ1) is 12.3. The molecule has 0 saturated carbocycles. The molecule has 0 saturated heterocycles. The summed E-state index contributed by atoms with van der Waals surface area (Å²) in [7, 11) is 0. The van der Waals surface area contributed by atoms with Gasteiger partial charge in [0.15, 0.2) is 5.96 Å². The summed E-state index contributed by atoms with van der Waals surface area (Å²) in [5.74, 6) is 1.45. The van der Waals surface area contributed by atoms with Crippen LogP contribution in [0.1, 0.15) is 18.4 Å². The van der Waals surface area contributed by atoms with Crippen LogP contribution in [0.5, 0.6) is 5.75 Å². The van der Waals surface area contributed by atoms with Crippen LogP contribution < -0.4 is 15.4 Å². The van der Waals surface area contributed by atoms with Gasteiger partial charge in [-0.15, -0.1) is 24.0 Å². The molecule has 0 fully saturated rings. The Morgan fingerprint density at radius 3 is 2.65 bits per heavy atom. The van der Waals surface area contributed by atoms with E-state index < -0.39 is 0 Å². The molecular formula is C19H27IN4O2. The van der Waals surface area contributed by atoms with Crippen LogP contribution >= 0.6 is 24.0 Å². The van der Waals surface area contributed by atoms with E-state index in [1.165, 1.54) is 0 Å². The number of aliphatic imine (C=N–C) groups is 1. The fraction of sp³-hybridized carbons (Fsp3) is 0.368. The number of guanidine groups is 1. The molecule has 0 amide bonds. The SMILES string of the molecule is CCNC(=NCC(CO)c1ccccc1)NCCOc1cccnc1.I. The van der Waals surface area contributed by atoms with Crippen molar-refractivity contribution >= 4 is 29.9 Å². The summed E-state index contributed by atoms with van der Waals surface area (Å²) in [5.41, 5.74) is 1.09. The molecule has 0 spiro atoms. The number of aliphatic hydroxyl groups excluding tert-OH is 1. The Bertz CT molecular complexity index is 626. The summed E-state index contributed by atoms with van der Waals surface area (Å²) < 4.78 is 5.60. The summed E-state index contributed by atoms with van der Waals surface area (Å²) in [6.07, 6.45) is 3.40. The number of aliphatic hydroxyl groups is 1. The molecule has 2 aromatic rings. The van der Waals surface area contributed by atoms with Gasteiger partial charge in [-0.1, -0.05) is 30.3 Å². The first-order valence-corrected chi connectivity index (χ1v) is 8.54. The lowest BCUT2D eigenvalue weighted by atomic mass is 10.0. The molecule has 1 heterocycles. The summed E-state index contributed by atoms with van der Waals surface area (Å²) in [4.78, 5) is 8.58. The second kappa shape index (κ2) is 13.3. The topological polar surface area (TPSA) is 78.8 Å². The molecule has 7 heteroatoms. The fourth-order valence-electron chi connectivity index (χ4n) is 2.31. The minimum Gasteiger partial charge on any atom is -0.490 e. The Kier molecular flexibility index (Phi) is 11.4. The zero-order valence-corrected chi connectivity index (χ0v) is 17.3. The van der Waals surface area contributed by atoms with E-state index in [0.29, 0.717) is 25.7 Å². The molecule has 2 rings (SSSR count). The molecule has 142 valence electrons. The smallest absolute Gasteiger partial charge is 0.191 e. The van der Waals surface area contributed by atoms with Gasteiger partial charge in [0.25, 0.3) is 0 Å². The van der Waals surface area contributed by atoms with Gasteiger partial charge in [0, 0.05) is 18.7 Å². The van der Waals surface area contributed by atoms with Crippen molar-refractivity contribution in [1.82, 2.24) is 15.6 Å². The average Bonchev–Trinajstić information content (AvgIpc) is 2.67. The van der Waals surface area contributed by atoms with Crippen molar-refractivity contribution < 1.29 is 9.84 Å². The third-order valence-electron chi connectivity index (χ3n) is 3.60. The highest BCUT2D eigenvalue weighted by Crippen LogP contribution is 2.14. The Balaban J connectivity index is 0.00000338. The molecule has 1 aromatic carbocycles. The van der Waals surface area contributed by atoms with Gasteiger partial charge >= 0.3 is 0 Å². The van der Waals surface area contributed by atoms with Gasteiger partial charge in [0.05, 0.1) is 25.9 Å². The number of aromatic nitrogens is 1. The average molecular weight is 470 g/mol. The molecule has 0 bridgehead atoms. The number of rotatable bonds is 9. The minimum atomic E-state index is -0.0108. The van der Waals surface area contributed by atoms with Crippen LogP contribution in [0.2, 0.25) is 0 Å². The second-order valence-electron chi connectivity index (χ2n) is 5.47. The van der Waals surface area contributed by atoms with Crippen molar-refractivity contribution in [2.45, 2.75) is 12.8 Å². The number of hydrogen-bond donors (Lipinski definition) is 3. The Hall–Kier alpha value is -1.87. The zero-order valence-electron chi connectivity index (χ0n) is 15.0. The molecule has 0 aliphatic carbocycles. The lowest BCUT2D eigenvalue weighted by Gasteiger charge is -2.15. The van der Waals surface area contributed by atoms with Gasteiger partial charge in [-0.25, -0.2) is 0 Å². The first kappa shape index (κ1) is 22.2. The number of nitrogens with zero attached hydrogens (tertiary/aromatic N) is 2. The maximum absolute atomic E-state index is 9.63. The number of hydrogen-bond acceptors (Lipinski definition) is 4. The molecule has 1 atom stereocenters. The lowest BCUT2D eigenvalue weighted by molar-refractivity contribution is 0.268. The first-order valence-electron chi connectivity index (χ1n) is 8.54. The van der Waals surface area contributed by atoms with Crippen LogP contribution in [0, 0.1) is 0 Å². The molecule has 1 unspecified atom stereocenters. The molecule has 0 aliphatic rings. The highest BCUT2D eigenvalue weighted by Gasteiger charge is 2.09. The normalized spacial score (nSPS) is 12.0. The monoisotopic (exact) mass is 470 g/mol. The number of ether oxygens (including phenoxy) is 1. The van der Waals surface area contributed by atoms with Crippen molar-refractivity contribution in [2.24, 2.45) is 4.99 Å². The lowest BCUT2D eigenvalue weighted by Crippen LogP contribution is -2.39. The van der Waals surface area contributed by atoms with E-state index in [4.69, 9.17) is 4.74 Å². The van der Waals surface area contributed by atoms with E-state index in [0.717, 1.165) is 17.9 Å². The summed E-state index contributed by atoms with van der Waals surface area (Å²) in [5, 5.41) is 16.1. The summed E-state index contributed by atoms with van der Waals surface area (Å²) >= 11 is 0. The second-order valence-corrected chi connectivity index (χ2v) is 5.47. The molecule has 3 N–H and O–H groups in total. The number of pyridine rings is 1. The molecule has 1 aromatic heterocycles. The number of benzene rings is 1. The third-order valence-corrected chi connectivity index (χ3v) is 3.60. The Morgan fingerprint density at radius 2 is 2.00 bits per heavy atom. The van der Waals surface area contributed by atoms with Crippen LogP contribution in [0.15, 0.2) is 59.9 Å². The summed E-state index contributed by atoms with van der Waals surface area (Å²) in [6.45, 7) is 4.50. The van der Waals surface area contributed by atoms with E-state index in [9.17, 15) is 5.11 Å². The van der Waals surface area contributed by atoms with E-state index in [-0.39, 0.29) is 36.5 Å². The van der Waals surface area contributed by atoms with Crippen LogP contribution in [-0.2, 0) is 0 Å². The third kappa shape index (κ3) is 8.01. The van der Waals surface area contributed by atoms with Crippen LogP contribution in [-0.4, -0.2) is 48.9 Å². The maximum Gasteiger partial charge on any atom is 0.191 e. The van der Waals surface area contributed by atoms with Gasteiger partial charge in [-0.05, 0) is 24.6 Å². The number of halogens is 1. The quantitative estimate of drug-likeness (QED) is 0.227. The van der Waals surface area contributed by atoms with E-state index in [1.54, 1.807) is 12.4 Å². The highest BCUT2D eigenvalue weighted by molar-refractivity contribution is 14.0. The molecule has 0 aliphatic heterocycles. The Labute approximate surface area is 172 Å². The predicted molar refractivity (Wildman–Crippen MR) is 115 cm³/mol. The molecular weight excluding hydrogens is 443 g/mol. The van der Waals surface area contributed by atoms with Gasteiger partial charge < -0.3 is 20.5 Å². The standard InChI is InChI=1S/C19H26N4O2.HI/c1-2-21-19(22-11-12-25-18-9-6-10-20-14-18)23-13-17(15-24)16-7-4-3-5-8-16;/h3-10,14,17,24H,2,11-13,15H2,1H3,(H2,21,22,23);1H. The van der Waals surface area contributed by atoms with Crippen molar-refractivity contribution in [3.05, 3.63) is 60.4 Å². The zero-order chi connectivity index (χ0) is 17.7. The summed E-state index contributed by atoms with van der Waals surface area (Å²) in [6, 6.07) is 13.7. The highest BCUT2D eigenvalue weighted by atomic mass is 127. The van der Waals surface area contributed by atoms with Gasteiger partial charge in [-0.2, -0.15) is 0 Å². The van der Waals surface area contributed by atoms with Crippen molar-refractivity contribution in [1.29, 1.82) is 0 Å². The van der Waals surface area contributed by atoms with Gasteiger partial charge in [-0.3, -0.25) is 9.98 Å². The van der Waals surface area contributed by atoms with Crippen molar-refractivity contribution in [2.75, 3.05) is 32.8 Å². The van der Waals surface area contributed by atoms with Crippen LogP contribution in [0.4, 0.5) is 0 Å². The van der Waals surface area contributed by atoms with Gasteiger partial charge in [0.2, 0.25) is 0 Å². The van der Waals surface area contributed by atoms with E-state index in [1.807, 2.05) is 49.4 Å². The maximum atomic E-state index is 9.63. The largest absolute Gasteiger partial charge is 0.490 e. The molecule has 26 heavy (non-hydrogen) atoms. The van der Waals surface area contributed by atoms with E-state index >= 15 is 0 Å². The van der Waals surface area contributed by atoms with Crippen LogP contribution in [0.3, 0.4) is 0 Å². The molecule has 6 nitrogen and oxygen atoms in total. The minimum absolute atomic E-state index is 0. The van der Waals surface area contributed by atoms with Crippen molar-refractivity contribution in [3.63, 3.8) is 0 Å². The van der Waals surface area contributed by atoms with Crippen molar-refractivity contribution in [3.8, 4) is 5.75 Å². The van der Waals surface area contributed by atoms with E-state index in [2.05, 4.69) is 20.6 Å². The fourth-order valence-corrected chi connectivity index (χ4v) is 2.31. The molecule has 0 radical (unpaired) electrons. The predicted octanol–water partition coefficient (Wildman–Crippen LogP) is 2.41. The Morgan fingerprint density at radius 1 is 1.19 bits per heavy atom. The number of nitrogens with one attached hydrogen (secondary N) is 2.